The van der Waals surface area contributed by atoms with Gasteiger partial charge in [0.25, 0.3) is 0 Å². The summed E-state index contributed by atoms with van der Waals surface area (Å²) in [5.41, 5.74) is 0.608. The van der Waals surface area contributed by atoms with Gasteiger partial charge < -0.3 is 10.7 Å². The Morgan fingerprint density at radius 2 is 1.96 bits per heavy atom. The van der Waals surface area contributed by atoms with E-state index in [0.29, 0.717) is 17.3 Å². The lowest BCUT2D eigenvalue weighted by atomic mass is 10.1. The van der Waals surface area contributed by atoms with Crippen LogP contribution in [0.1, 0.15) is 25.6 Å². The lowest BCUT2D eigenvalue weighted by Crippen LogP contribution is -2.32. The van der Waals surface area contributed by atoms with Gasteiger partial charge in [-0.1, -0.05) is 25.1 Å². The maximum Gasteiger partial charge on any atom is 0.221 e. The predicted molar refractivity (Wildman–Crippen MR) is 84.8 cm³/mol. The number of allylic oxidation sites excluding steroid dienone is 1. The number of carbonyl (C=O) groups is 1. The Kier molecular flexibility index (Phi) is 5.56. The van der Waals surface area contributed by atoms with E-state index in [4.69, 9.17) is 5.41 Å². The van der Waals surface area contributed by atoms with Crippen LogP contribution in [-0.2, 0) is 4.79 Å². The van der Waals surface area contributed by atoms with Crippen molar-refractivity contribution in [1.82, 2.24) is 30.7 Å². The van der Waals surface area contributed by atoms with Crippen LogP contribution in [0, 0.1) is 5.41 Å². The summed E-state index contributed by atoms with van der Waals surface area (Å²) in [6.07, 6.45) is 6.30. The average molecular weight is 311 g/mol. The first-order valence-corrected chi connectivity index (χ1v) is 7.05. The van der Waals surface area contributed by atoms with Crippen molar-refractivity contribution >= 4 is 12.1 Å². The largest absolute Gasteiger partial charge is 0.345 e. The average Bonchev–Trinajstić information content (AvgIpc) is 2.59. The Hall–Kier alpha value is -3.03. The van der Waals surface area contributed by atoms with Gasteiger partial charge in [0.15, 0.2) is 5.82 Å². The molecule has 0 aliphatic heterocycles. The minimum Gasteiger partial charge on any atom is -0.345 e. The van der Waals surface area contributed by atoms with Crippen LogP contribution in [0.25, 0.3) is 11.5 Å². The van der Waals surface area contributed by atoms with Crippen molar-refractivity contribution in [2.75, 3.05) is 0 Å². The Labute approximate surface area is 133 Å². The lowest BCUT2D eigenvalue weighted by Gasteiger charge is -2.08. The van der Waals surface area contributed by atoms with Crippen LogP contribution in [0.15, 0.2) is 36.5 Å². The molecule has 0 saturated carbocycles. The summed E-state index contributed by atoms with van der Waals surface area (Å²) in [5, 5.41) is 26.1. The van der Waals surface area contributed by atoms with Crippen molar-refractivity contribution in [3.05, 3.63) is 42.4 Å². The van der Waals surface area contributed by atoms with Crippen molar-refractivity contribution in [1.29, 1.82) is 5.41 Å². The molecule has 118 valence electrons. The van der Waals surface area contributed by atoms with Crippen molar-refractivity contribution in [3.63, 3.8) is 0 Å². The maximum absolute atomic E-state index is 11.0. The highest BCUT2D eigenvalue weighted by molar-refractivity contribution is 5.78. The summed E-state index contributed by atoms with van der Waals surface area (Å²) in [4.78, 5) is 15.1. The van der Waals surface area contributed by atoms with Gasteiger partial charge in [-0.25, -0.2) is 0 Å². The Bertz CT molecular complexity index is 685. The summed E-state index contributed by atoms with van der Waals surface area (Å²) in [5.74, 6) is 0.465. The van der Waals surface area contributed by atoms with E-state index in [2.05, 4.69) is 30.7 Å². The molecule has 1 amide bonds. The normalized spacial score (nSPS) is 13.5. The molecule has 0 fully saturated rings. The van der Waals surface area contributed by atoms with Gasteiger partial charge in [-0.05, 0) is 12.1 Å². The third-order valence-corrected chi connectivity index (χ3v) is 2.95. The van der Waals surface area contributed by atoms with Crippen molar-refractivity contribution in [2.45, 2.75) is 25.8 Å². The standard InChI is InChI=1S/C15H17N7O/c1-10(6-7-12(9-16)18-11(2)23)14-19-21-15(22-20-14)13-5-3-4-8-17-13/h3-10,12,16H,1-2H3,(H,18,23)/b7-6-,16-9?. The Balaban J connectivity index is 2.06. The van der Waals surface area contributed by atoms with Crippen molar-refractivity contribution in [3.8, 4) is 11.5 Å². The van der Waals surface area contributed by atoms with Gasteiger partial charge in [-0.3, -0.25) is 9.78 Å². The molecule has 0 saturated heterocycles. The summed E-state index contributed by atoms with van der Waals surface area (Å²) in [6, 6.07) is 4.97. The van der Waals surface area contributed by atoms with E-state index in [1.807, 2.05) is 13.0 Å². The van der Waals surface area contributed by atoms with Crippen molar-refractivity contribution < 1.29 is 4.79 Å². The molecular weight excluding hydrogens is 294 g/mol. The zero-order valence-electron chi connectivity index (χ0n) is 12.8. The molecular formula is C15H17N7O. The fourth-order valence-electron chi connectivity index (χ4n) is 1.77. The molecule has 8 nitrogen and oxygen atoms in total. The van der Waals surface area contributed by atoms with Gasteiger partial charge in [0.05, 0.1) is 6.04 Å². The predicted octanol–water partition coefficient (Wildman–Crippen LogP) is 1.14. The molecule has 0 aliphatic carbocycles. The molecule has 0 aromatic carbocycles. The smallest absolute Gasteiger partial charge is 0.221 e. The number of hydrogen-bond donors (Lipinski definition) is 2. The SMILES string of the molecule is CC(=O)NC(C=N)/C=C\C(C)c1nnc(-c2ccccn2)nn1. The van der Waals surface area contributed by atoms with Crippen LogP contribution >= 0.6 is 0 Å². The summed E-state index contributed by atoms with van der Waals surface area (Å²) in [6.45, 7) is 3.28. The van der Waals surface area contributed by atoms with Gasteiger partial charge in [0.1, 0.15) is 5.69 Å². The topological polar surface area (TPSA) is 117 Å². The van der Waals surface area contributed by atoms with E-state index in [1.54, 1.807) is 30.5 Å². The summed E-state index contributed by atoms with van der Waals surface area (Å²) < 4.78 is 0. The Morgan fingerprint density at radius 1 is 1.22 bits per heavy atom. The number of carbonyl (C=O) groups excluding carboxylic acids is 1. The maximum atomic E-state index is 11.0. The molecule has 8 heteroatoms. The van der Waals surface area contributed by atoms with Crippen LogP contribution in [0.5, 0.6) is 0 Å². The lowest BCUT2D eigenvalue weighted by molar-refractivity contribution is -0.119. The third kappa shape index (κ3) is 4.73. The molecule has 2 unspecified atom stereocenters. The van der Waals surface area contributed by atoms with E-state index in [0.717, 1.165) is 6.21 Å². The highest BCUT2D eigenvalue weighted by Gasteiger charge is 2.10. The number of aromatic nitrogens is 5. The first-order valence-electron chi connectivity index (χ1n) is 7.05. The van der Waals surface area contributed by atoms with Crippen LogP contribution in [-0.4, -0.2) is 43.5 Å². The number of nitrogens with zero attached hydrogens (tertiary/aromatic N) is 5. The second-order valence-corrected chi connectivity index (χ2v) is 4.86. The molecule has 2 aromatic rings. The van der Waals surface area contributed by atoms with E-state index >= 15 is 0 Å². The number of amides is 1. The second-order valence-electron chi connectivity index (χ2n) is 4.86. The van der Waals surface area contributed by atoms with E-state index in [1.165, 1.54) is 6.92 Å². The van der Waals surface area contributed by atoms with E-state index < -0.39 is 6.04 Å². The molecule has 0 bridgehead atoms. The molecule has 2 atom stereocenters. The fourth-order valence-corrected chi connectivity index (χ4v) is 1.77. The molecule has 0 spiro atoms. The minimum absolute atomic E-state index is 0.149. The van der Waals surface area contributed by atoms with Crippen LogP contribution < -0.4 is 5.32 Å². The fraction of sp³-hybridized carbons (Fsp3) is 0.267. The first kappa shape index (κ1) is 16.3. The summed E-state index contributed by atoms with van der Waals surface area (Å²) in [7, 11) is 0. The molecule has 2 aromatic heterocycles. The molecule has 2 rings (SSSR count). The second kappa shape index (κ2) is 7.83. The van der Waals surface area contributed by atoms with Crippen LogP contribution in [0.2, 0.25) is 0 Å². The van der Waals surface area contributed by atoms with Gasteiger partial charge in [-0.15, -0.1) is 20.4 Å². The van der Waals surface area contributed by atoms with Gasteiger partial charge >= 0.3 is 0 Å². The highest BCUT2D eigenvalue weighted by Crippen LogP contribution is 2.12. The van der Waals surface area contributed by atoms with Crippen LogP contribution in [0.4, 0.5) is 0 Å². The number of nitrogens with one attached hydrogen (secondary N) is 2. The zero-order valence-corrected chi connectivity index (χ0v) is 12.8. The summed E-state index contributed by atoms with van der Waals surface area (Å²) >= 11 is 0. The molecule has 23 heavy (non-hydrogen) atoms. The van der Waals surface area contributed by atoms with Gasteiger partial charge in [0, 0.05) is 25.3 Å². The molecule has 2 N–H and O–H groups in total. The monoisotopic (exact) mass is 311 g/mol. The number of hydrogen-bond acceptors (Lipinski definition) is 7. The number of rotatable bonds is 6. The van der Waals surface area contributed by atoms with Crippen LogP contribution in [0.3, 0.4) is 0 Å². The molecule has 2 heterocycles. The number of pyridine rings is 1. The van der Waals surface area contributed by atoms with E-state index in [-0.39, 0.29) is 11.8 Å². The minimum atomic E-state index is -0.455. The molecule has 0 aliphatic rings. The third-order valence-electron chi connectivity index (χ3n) is 2.95. The Morgan fingerprint density at radius 3 is 2.52 bits per heavy atom. The van der Waals surface area contributed by atoms with Gasteiger partial charge in [-0.2, -0.15) is 0 Å². The zero-order chi connectivity index (χ0) is 16.7. The van der Waals surface area contributed by atoms with E-state index in [9.17, 15) is 4.79 Å². The van der Waals surface area contributed by atoms with Crippen molar-refractivity contribution in [2.24, 2.45) is 0 Å². The highest BCUT2D eigenvalue weighted by atomic mass is 16.1. The van der Waals surface area contributed by atoms with Gasteiger partial charge in [0.2, 0.25) is 11.7 Å². The molecule has 0 radical (unpaired) electrons. The quantitative estimate of drug-likeness (QED) is 0.610. The first-order chi connectivity index (χ1) is 11.1.